The number of H-pyrrole nitrogens is 1. The van der Waals surface area contributed by atoms with Gasteiger partial charge in [-0.3, -0.25) is 0 Å². The number of nitrogen functional groups attached to an aromatic ring is 1. The van der Waals surface area contributed by atoms with E-state index in [2.05, 4.69) is 21.6 Å². The third kappa shape index (κ3) is 0.806. The largest absolute Gasteiger partial charge is 0.436 e. The Kier molecular flexibility index (Phi) is 0.867. The maximum Gasteiger partial charge on any atom is 0.267 e. The Morgan fingerprint density at radius 2 is 2.57 bits per heavy atom. The fourth-order valence-electron chi connectivity index (χ4n) is 0.294. The van der Waals surface area contributed by atoms with Crippen molar-refractivity contribution in [2.24, 2.45) is 0 Å². The van der Waals surface area contributed by atoms with Gasteiger partial charge in [0.05, 0.1) is 0 Å². The van der Waals surface area contributed by atoms with Crippen molar-refractivity contribution in [3.05, 3.63) is 11.1 Å². The summed E-state index contributed by atoms with van der Waals surface area (Å²) in [4.78, 5) is 2.88. The summed E-state index contributed by atoms with van der Waals surface area (Å²) in [5.74, 6) is 0.463. The Morgan fingerprint density at radius 3 is 2.71 bits per heavy atom. The van der Waals surface area contributed by atoms with Crippen molar-refractivity contribution < 1.29 is 4.42 Å². The molecule has 38 valence electrons. The number of aromatic nitrogens is 1. The zero-order chi connectivity index (χ0) is 5.28. The average molecular weight is 116 g/mol. The van der Waals surface area contributed by atoms with Crippen LogP contribution in [0.3, 0.4) is 0 Å². The van der Waals surface area contributed by atoms with Crippen LogP contribution in [0.15, 0.2) is 10.7 Å². The lowest BCUT2D eigenvalue weighted by Crippen LogP contribution is -1.80. The van der Waals surface area contributed by atoms with E-state index in [0.29, 0.717) is 10.7 Å². The summed E-state index contributed by atoms with van der Waals surface area (Å²) in [6, 6.07) is 0. The summed E-state index contributed by atoms with van der Waals surface area (Å²) in [6.45, 7) is 0. The summed E-state index contributed by atoms with van der Waals surface area (Å²) in [6.07, 6.45) is 1.36. The molecule has 0 aliphatic carbocycles. The van der Waals surface area contributed by atoms with Gasteiger partial charge in [0.2, 0.25) is 0 Å². The topological polar surface area (TPSA) is 54.9 Å². The van der Waals surface area contributed by atoms with E-state index in [4.69, 9.17) is 5.73 Å². The lowest BCUT2D eigenvalue weighted by Gasteiger charge is -1.68. The minimum Gasteiger partial charge on any atom is -0.436 e. The van der Waals surface area contributed by atoms with Crippen molar-refractivity contribution >= 4 is 18.0 Å². The molecule has 4 heteroatoms. The van der Waals surface area contributed by atoms with Crippen molar-refractivity contribution in [3.8, 4) is 0 Å². The molecule has 1 rings (SSSR count). The zero-order valence-corrected chi connectivity index (χ0v) is 4.29. The van der Waals surface area contributed by atoms with Gasteiger partial charge < -0.3 is 15.1 Å². The molecule has 1 aromatic rings. The molecule has 0 radical (unpaired) electrons. The Labute approximate surface area is 45.1 Å². The minimum absolute atomic E-state index is 0.317. The molecule has 0 aromatic carbocycles. The fourth-order valence-corrected chi connectivity index (χ4v) is 0.460. The van der Waals surface area contributed by atoms with Gasteiger partial charge in [-0.25, -0.2) is 0 Å². The lowest BCUT2D eigenvalue weighted by molar-refractivity contribution is 0.541. The quantitative estimate of drug-likeness (QED) is 0.495. The van der Waals surface area contributed by atoms with Crippen LogP contribution < -0.4 is 5.73 Å². The Hall–Kier alpha value is -0.770. The molecule has 3 nitrogen and oxygen atoms in total. The fraction of sp³-hybridized carbons (Fsp3) is 0. The molecular weight excluding hydrogens is 112 g/mol. The molecule has 0 bridgehead atoms. The van der Waals surface area contributed by atoms with Crippen LogP contribution in [0.1, 0.15) is 0 Å². The SMILES string of the molecule is Nc1coc(=S)[nH]1. The number of hydrogen-bond donors (Lipinski definition) is 2. The predicted octanol–water partition coefficient (Wildman–Crippen LogP) is 0.919. The molecule has 0 amide bonds. The number of anilines is 1. The van der Waals surface area contributed by atoms with E-state index in [1.54, 1.807) is 0 Å². The van der Waals surface area contributed by atoms with E-state index in [9.17, 15) is 0 Å². The zero-order valence-electron chi connectivity index (χ0n) is 3.47. The van der Waals surface area contributed by atoms with Gasteiger partial charge in [-0.15, -0.1) is 0 Å². The van der Waals surface area contributed by atoms with Crippen LogP contribution in [0.4, 0.5) is 5.82 Å². The van der Waals surface area contributed by atoms with E-state index in [1.165, 1.54) is 6.26 Å². The van der Waals surface area contributed by atoms with Crippen molar-refractivity contribution in [1.29, 1.82) is 0 Å². The summed E-state index contributed by atoms with van der Waals surface area (Å²) in [5, 5.41) is 0. The number of aromatic amines is 1. The molecule has 0 unspecified atom stereocenters. The van der Waals surface area contributed by atoms with Gasteiger partial charge in [0, 0.05) is 0 Å². The summed E-state index contributed by atoms with van der Waals surface area (Å²) in [5.41, 5.74) is 5.16. The average Bonchev–Trinajstić information content (AvgIpc) is 1.87. The first-order valence-electron chi connectivity index (χ1n) is 1.72. The van der Waals surface area contributed by atoms with Gasteiger partial charge in [-0.05, 0) is 12.2 Å². The predicted molar refractivity (Wildman–Crippen MR) is 28.3 cm³/mol. The van der Waals surface area contributed by atoms with Crippen LogP contribution in [0.5, 0.6) is 0 Å². The second-order valence-corrected chi connectivity index (χ2v) is 1.47. The van der Waals surface area contributed by atoms with Gasteiger partial charge in [0.25, 0.3) is 4.84 Å². The summed E-state index contributed by atoms with van der Waals surface area (Å²) >= 11 is 4.53. The maximum absolute atomic E-state index is 5.16. The smallest absolute Gasteiger partial charge is 0.267 e. The summed E-state index contributed by atoms with van der Waals surface area (Å²) in [7, 11) is 0. The highest BCUT2D eigenvalue weighted by molar-refractivity contribution is 7.71. The van der Waals surface area contributed by atoms with Gasteiger partial charge in [-0.2, -0.15) is 0 Å². The standard InChI is InChI=1S/C3H4N2OS/c4-2-1-6-3(7)5-2/h1H,4H2,(H,5,7). The van der Waals surface area contributed by atoms with Crippen LogP contribution >= 0.6 is 12.2 Å². The van der Waals surface area contributed by atoms with Crippen LogP contribution in [0.25, 0.3) is 0 Å². The maximum atomic E-state index is 5.16. The first-order valence-corrected chi connectivity index (χ1v) is 2.13. The number of nitrogens with two attached hydrogens (primary N) is 1. The van der Waals surface area contributed by atoms with Gasteiger partial charge in [0.1, 0.15) is 12.1 Å². The Balaban J connectivity index is 3.30. The highest BCUT2D eigenvalue weighted by Crippen LogP contribution is 1.94. The van der Waals surface area contributed by atoms with Gasteiger partial charge in [0.15, 0.2) is 0 Å². The van der Waals surface area contributed by atoms with E-state index in [-0.39, 0.29) is 0 Å². The molecule has 0 aliphatic heterocycles. The van der Waals surface area contributed by atoms with Crippen molar-refractivity contribution in [2.75, 3.05) is 5.73 Å². The Morgan fingerprint density at radius 1 is 1.86 bits per heavy atom. The second-order valence-electron chi connectivity index (χ2n) is 1.10. The van der Waals surface area contributed by atoms with E-state index < -0.39 is 0 Å². The number of nitrogens with one attached hydrogen (secondary N) is 1. The monoisotopic (exact) mass is 116 g/mol. The highest BCUT2D eigenvalue weighted by atomic mass is 32.1. The molecule has 0 saturated heterocycles. The van der Waals surface area contributed by atoms with Crippen LogP contribution in [0.2, 0.25) is 0 Å². The van der Waals surface area contributed by atoms with E-state index >= 15 is 0 Å². The molecule has 1 heterocycles. The molecule has 1 aromatic heterocycles. The molecule has 3 N–H and O–H groups in total. The number of hydrogen-bond acceptors (Lipinski definition) is 3. The molecule has 0 atom stereocenters. The molecule has 0 fully saturated rings. The van der Waals surface area contributed by atoms with Crippen molar-refractivity contribution in [2.45, 2.75) is 0 Å². The molecular formula is C3H4N2OS. The number of oxazole rings is 1. The third-order valence-electron chi connectivity index (χ3n) is 0.539. The van der Waals surface area contributed by atoms with Gasteiger partial charge >= 0.3 is 0 Å². The Bertz CT molecular complexity index is 201. The van der Waals surface area contributed by atoms with E-state index in [1.807, 2.05) is 0 Å². The van der Waals surface area contributed by atoms with E-state index in [0.717, 1.165) is 0 Å². The van der Waals surface area contributed by atoms with Crippen LogP contribution in [-0.4, -0.2) is 4.98 Å². The van der Waals surface area contributed by atoms with Gasteiger partial charge in [-0.1, -0.05) is 0 Å². The minimum atomic E-state index is 0.317. The third-order valence-corrected chi connectivity index (χ3v) is 0.738. The first kappa shape index (κ1) is 4.39. The first-order chi connectivity index (χ1) is 3.29. The van der Waals surface area contributed by atoms with Crippen molar-refractivity contribution in [1.82, 2.24) is 4.98 Å². The van der Waals surface area contributed by atoms with Crippen LogP contribution in [-0.2, 0) is 0 Å². The normalized spacial score (nSPS) is 9.14. The van der Waals surface area contributed by atoms with Crippen LogP contribution in [0, 0.1) is 4.84 Å². The molecule has 0 aliphatic rings. The highest BCUT2D eigenvalue weighted by Gasteiger charge is 1.81. The second kappa shape index (κ2) is 1.38. The molecule has 0 saturated carbocycles. The summed E-state index contributed by atoms with van der Waals surface area (Å²) < 4.78 is 4.60. The molecule has 7 heavy (non-hydrogen) atoms. The number of rotatable bonds is 0. The van der Waals surface area contributed by atoms with Crippen molar-refractivity contribution in [3.63, 3.8) is 0 Å². The molecule has 0 spiro atoms. The lowest BCUT2D eigenvalue weighted by atomic mass is 10.8.